The van der Waals surface area contributed by atoms with Gasteiger partial charge in [0.1, 0.15) is 17.8 Å². The molecule has 1 saturated heterocycles. The predicted molar refractivity (Wildman–Crippen MR) is 120 cm³/mol. The van der Waals surface area contributed by atoms with Gasteiger partial charge < -0.3 is 4.90 Å². The third kappa shape index (κ3) is 4.13. The second kappa shape index (κ2) is 8.10. The Labute approximate surface area is 185 Å². The zero-order valence-electron chi connectivity index (χ0n) is 17.2. The zero-order valence-corrected chi connectivity index (χ0v) is 18.8. The van der Waals surface area contributed by atoms with Gasteiger partial charge in [0.2, 0.25) is 0 Å². The summed E-state index contributed by atoms with van der Waals surface area (Å²) in [5, 5.41) is 11.6. The zero-order chi connectivity index (χ0) is 20.7. The van der Waals surface area contributed by atoms with Crippen LogP contribution < -0.4 is 10.2 Å². The lowest BCUT2D eigenvalue weighted by Crippen LogP contribution is -2.46. The molecule has 2 atom stereocenters. The quantitative estimate of drug-likeness (QED) is 0.688. The molecule has 5 rings (SSSR count). The van der Waals surface area contributed by atoms with Crippen molar-refractivity contribution in [1.82, 2.24) is 15.5 Å². The molecule has 156 valence electrons. The third-order valence-electron chi connectivity index (χ3n) is 6.34. The lowest BCUT2D eigenvalue weighted by atomic mass is 10.1. The van der Waals surface area contributed by atoms with Crippen LogP contribution in [-0.4, -0.2) is 51.7 Å². The summed E-state index contributed by atoms with van der Waals surface area (Å²) in [7, 11) is 0. The molecule has 2 saturated carbocycles. The van der Waals surface area contributed by atoms with E-state index in [1.165, 1.54) is 16.8 Å². The number of anilines is 1. The van der Waals surface area contributed by atoms with E-state index >= 15 is 0 Å². The van der Waals surface area contributed by atoms with Crippen molar-refractivity contribution < 1.29 is 9.37 Å². The SMILES string of the molecule is Cc1ccc([C@@H]2C[C@H]2NC(=O)/[N+](=C2\CCCN(c3cccnn3)C2)C2CC2)cc1Br. The maximum atomic E-state index is 13.3. The van der Waals surface area contributed by atoms with E-state index in [1.54, 1.807) is 6.20 Å². The average molecular weight is 469 g/mol. The second-order valence-electron chi connectivity index (χ2n) is 8.68. The number of aromatic nitrogens is 2. The second-order valence-corrected chi connectivity index (χ2v) is 9.54. The summed E-state index contributed by atoms with van der Waals surface area (Å²) in [4.78, 5) is 15.5. The Morgan fingerprint density at radius 3 is 2.90 bits per heavy atom. The van der Waals surface area contributed by atoms with Gasteiger partial charge in [0.15, 0.2) is 5.82 Å². The molecule has 0 radical (unpaired) electrons. The number of hydrogen-bond acceptors (Lipinski definition) is 4. The number of carbonyl (C=O) groups excluding carboxylic acids is 1. The average Bonchev–Trinajstić information content (AvgIpc) is 3.68. The van der Waals surface area contributed by atoms with Crippen molar-refractivity contribution in [3.05, 3.63) is 52.1 Å². The Morgan fingerprint density at radius 1 is 1.30 bits per heavy atom. The van der Waals surface area contributed by atoms with Crippen molar-refractivity contribution in [3.63, 3.8) is 0 Å². The number of urea groups is 1. The van der Waals surface area contributed by atoms with Gasteiger partial charge in [-0.05, 0) is 61.9 Å². The van der Waals surface area contributed by atoms with Crippen LogP contribution in [0.4, 0.5) is 10.6 Å². The largest absolute Gasteiger partial charge is 0.491 e. The molecule has 3 aliphatic rings. The Bertz CT molecular complexity index is 988. The molecule has 1 aliphatic heterocycles. The predicted octanol–water partition coefficient (Wildman–Crippen LogP) is 4.03. The lowest BCUT2D eigenvalue weighted by Gasteiger charge is -2.28. The van der Waals surface area contributed by atoms with Gasteiger partial charge >= 0.3 is 6.03 Å². The molecule has 1 aromatic heterocycles. The molecule has 0 bridgehead atoms. The molecule has 0 unspecified atom stereocenters. The highest BCUT2D eigenvalue weighted by atomic mass is 79.9. The minimum atomic E-state index is 0.0761. The summed E-state index contributed by atoms with van der Waals surface area (Å²) in [5.74, 6) is 1.30. The number of piperidine rings is 1. The molecular formula is C23H27BrN5O+. The van der Waals surface area contributed by atoms with Crippen LogP contribution in [0.15, 0.2) is 41.0 Å². The van der Waals surface area contributed by atoms with E-state index in [9.17, 15) is 4.79 Å². The molecule has 3 fully saturated rings. The fourth-order valence-electron chi connectivity index (χ4n) is 4.40. The first kappa shape index (κ1) is 19.7. The van der Waals surface area contributed by atoms with Crippen LogP contribution in [0.3, 0.4) is 0 Å². The van der Waals surface area contributed by atoms with Gasteiger partial charge in [0.25, 0.3) is 0 Å². The minimum Gasteiger partial charge on any atom is -0.347 e. The number of hydrogen-bond donors (Lipinski definition) is 1. The number of benzene rings is 1. The van der Waals surface area contributed by atoms with E-state index in [0.717, 1.165) is 55.5 Å². The maximum Gasteiger partial charge on any atom is 0.491 e. The fourth-order valence-corrected chi connectivity index (χ4v) is 4.79. The highest BCUT2D eigenvalue weighted by Crippen LogP contribution is 2.42. The summed E-state index contributed by atoms with van der Waals surface area (Å²) >= 11 is 3.63. The van der Waals surface area contributed by atoms with E-state index in [2.05, 4.69) is 66.0 Å². The normalized spacial score (nSPS) is 25.1. The summed E-state index contributed by atoms with van der Waals surface area (Å²) < 4.78 is 3.20. The van der Waals surface area contributed by atoms with Crippen LogP contribution in [-0.2, 0) is 0 Å². The van der Waals surface area contributed by atoms with E-state index in [-0.39, 0.29) is 12.1 Å². The minimum absolute atomic E-state index is 0.0761. The number of carbonyl (C=O) groups is 1. The van der Waals surface area contributed by atoms with Crippen LogP contribution in [0.1, 0.15) is 49.1 Å². The summed E-state index contributed by atoms with van der Waals surface area (Å²) in [5.41, 5.74) is 3.75. The van der Waals surface area contributed by atoms with E-state index in [1.807, 2.05) is 12.1 Å². The molecule has 1 aromatic carbocycles. The van der Waals surface area contributed by atoms with Gasteiger partial charge in [0, 0.05) is 29.6 Å². The van der Waals surface area contributed by atoms with E-state index in [0.29, 0.717) is 12.0 Å². The van der Waals surface area contributed by atoms with Crippen molar-refractivity contribution >= 4 is 33.5 Å². The summed E-state index contributed by atoms with van der Waals surface area (Å²) in [6.07, 6.45) is 6.91. The van der Waals surface area contributed by atoms with Crippen molar-refractivity contribution in [2.75, 3.05) is 18.0 Å². The van der Waals surface area contributed by atoms with Crippen LogP contribution >= 0.6 is 15.9 Å². The van der Waals surface area contributed by atoms with Crippen LogP contribution in [0.5, 0.6) is 0 Å². The Balaban J connectivity index is 1.30. The Kier molecular flexibility index (Phi) is 5.31. The highest BCUT2D eigenvalue weighted by Gasteiger charge is 2.47. The van der Waals surface area contributed by atoms with Gasteiger partial charge in [-0.2, -0.15) is 14.5 Å². The topological polar surface area (TPSA) is 61.1 Å². The monoisotopic (exact) mass is 468 g/mol. The Hall–Kier alpha value is -2.28. The first-order valence-electron chi connectivity index (χ1n) is 10.8. The number of aryl methyl sites for hydroxylation is 1. The molecule has 2 amide bonds. The number of amides is 2. The molecular weight excluding hydrogens is 442 g/mol. The molecule has 6 nitrogen and oxygen atoms in total. The number of nitrogens with one attached hydrogen (secondary N) is 1. The van der Waals surface area contributed by atoms with Gasteiger partial charge in [-0.15, -0.1) is 5.10 Å². The summed E-state index contributed by atoms with van der Waals surface area (Å²) in [6, 6.07) is 11.1. The van der Waals surface area contributed by atoms with Crippen LogP contribution in [0.2, 0.25) is 0 Å². The van der Waals surface area contributed by atoms with Gasteiger partial charge in [-0.3, -0.25) is 0 Å². The first-order chi connectivity index (χ1) is 14.6. The van der Waals surface area contributed by atoms with Crippen molar-refractivity contribution in [2.45, 2.75) is 57.0 Å². The van der Waals surface area contributed by atoms with E-state index in [4.69, 9.17) is 0 Å². The highest BCUT2D eigenvalue weighted by molar-refractivity contribution is 9.10. The fraction of sp³-hybridized carbons (Fsp3) is 0.478. The van der Waals surface area contributed by atoms with E-state index < -0.39 is 0 Å². The van der Waals surface area contributed by atoms with Gasteiger partial charge in [0.05, 0.1) is 6.54 Å². The summed E-state index contributed by atoms with van der Waals surface area (Å²) in [6.45, 7) is 3.80. The first-order valence-corrected chi connectivity index (χ1v) is 11.6. The number of halogens is 1. The molecule has 0 spiro atoms. The third-order valence-corrected chi connectivity index (χ3v) is 7.20. The lowest BCUT2D eigenvalue weighted by molar-refractivity contribution is -0.446. The van der Waals surface area contributed by atoms with Gasteiger partial charge in [-0.1, -0.05) is 28.1 Å². The van der Waals surface area contributed by atoms with Crippen LogP contribution in [0, 0.1) is 6.92 Å². The van der Waals surface area contributed by atoms with Crippen molar-refractivity contribution in [2.24, 2.45) is 0 Å². The molecule has 2 aliphatic carbocycles. The maximum absolute atomic E-state index is 13.3. The van der Waals surface area contributed by atoms with Crippen LogP contribution in [0.25, 0.3) is 0 Å². The molecule has 1 N–H and O–H groups in total. The molecule has 2 heterocycles. The number of rotatable bonds is 4. The molecule has 30 heavy (non-hydrogen) atoms. The van der Waals surface area contributed by atoms with Crippen molar-refractivity contribution in [3.8, 4) is 0 Å². The Morgan fingerprint density at radius 2 is 2.17 bits per heavy atom. The standard InChI is InChI=1S/C23H26BrN5O/c1-15-6-7-16(12-20(15)24)19-13-21(19)26-23(30)29(17-8-9-17)18-4-3-11-28(14-18)22-5-2-10-25-27-22/h2,5-7,10,12,17,19,21H,3-4,8-9,11,13-14H2,1H3/p+1/b29-18+/t19-,21+/m0/s1. The van der Waals surface area contributed by atoms with Gasteiger partial charge in [-0.25, -0.2) is 5.32 Å². The number of nitrogens with zero attached hydrogens (tertiary/aromatic N) is 4. The molecule has 2 aromatic rings. The molecule has 7 heteroatoms. The van der Waals surface area contributed by atoms with Crippen molar-refractivity contribution in [1.29, 1.82) is 0 Å². The smallest absolute Gasteiger partial charge is 0.347 e.